The Morgan fingerprint density at radius 3 is 2.80 bits per heavy atom. The van der Waals surface area contributed by atoms with E-state index in [4.69, 9.17) is 0 Å². The highest BCUT2D eigenvalue weighted by atomic mass is 14.9. The molecule has 4 aromatic heterocycles. The van der Waals surface area contributed by atoms with Crippen molar-refractivity contribution in [1.82, 2.24) is 24.9 Å². The smallest absolute Gasteiger partial charge is 0.137 e. The zero-order chi connectivity index (χ0) is 13.5. The summed E-state index contributed by atoms with van der Waals surface area (Å²) in [6, 6.07) is 6.34. The first-order valence-electron chi connectivity index (χ1n) is 6.50. The number of hydrogen-bond donors (Lipinski definition) is 2. The molecule has 0 saturated heterocycles. The van der Waals surface area contributed by atoms with E-state index in [2.05, 4.69) is 50.0 Å². The fourth-order valence-corrected chi connectivity index (χ4v) is 2.50. The first kappa shape index (κ1) is 11.2. The summed E-state index contributed by atoms with van der Waals surface area (Å²) in [5.41, 5.74) is 6.26. The third-order valence-corrected chi connectivity index (χ3v) is 3.39. The van der Waals surface area contributed by atoms with Crippen molar-refractivity contribution in [3.05, 3.63) is 53.9 Å². The molecule has 0 aromatic carbocycles. The third kappa shape index (κ3) is 1.84. The highest BCUT2D eigenvalue weighted by molar-refractivity contribution is 5.78. The Morgan fingerprint density at radius 2 is 1.90 bits per heavy atom. The van der Waals surface area contributed by atoms with E-state index in [0.717, 1.165) is 39.9 Å². The largest absolute Gasteiger partial charge is 0.355 e. The molecule has 0 aliphatic rings. The number of fused-ring (bicyclic) bond motifs is 2. The van der Waals surface area contributed by atoms with Gasteiger partial charge in [0, 0.05) is 29.4 Å². The van der Waals surface area contributed by atoms with E-state index in [1.807, 2.05) is 6.20 Å². The summed E-state index contributed by atoms with van der Waals surface area (Å²) in [6.07, 6.45) is 6.03. The van der Waals surface area contributed by atoms with Crippen LogP contribution in [-0.2, 0) is 6.42 Å². The number of rotatable bonds is 2. The highest BCUT2D eigenvalue weighted by Gasteiger charge is 2.06. The van der Waals surface area contributed by atoms with E-state index in [1.54, 1.807) is 12.5 Å². The van der Waals surface area contributed by atoms with Crippen LogP contribution in [0.3, 0.4) is 0 Å². The molecule has 2 N–H and O–H groups in total. The second-order valence-electron chi connectivity index (χ2n) is 5.04. The van der Waals surface area contributed by atoms with Crippen molar-refractivity contribution in [2.75, 3.05) is 0 Å². The quantitative estimate of drug-likeness (QED) is 0.584. The van der Waals surface area contributed by atoms with Gasteiger partial charge in [-0.3, -0.25) is 0 Å². The molecule has 5 heteroatoms. The van der Waals surface area contributed by atoms with Gasteiger partial charge < -0.3 is 9.97 Å². The van der Waals surface area contributed by atoms with Gasteiger partial charge in [-0.05, 0) is 30.7 Å². The molecule has 4 rings (SSSR count). The number of hydrogen-bond acceptors (Lipinski definition) is 3. The van der Waals surface area contributed by atoms with Gasteiger partial charge in [0.25, 0.3) is 0 Å². The lowest BCUT2D eigenvalue weighted by Crippen LogP contribution is -1.87. The minimum atomic E-state index is 0.797. The first-order chi connectivity index (χ1) is 9.78. The molecule has 4 aromatic rings. The Hall–Kier alpha value is -2.69. The fourth-order valence-electron chi connectivity index (χ4n) is 2.50. The maximum Gasteiger partial charge on any atom is 0.137 e. The first-order valence-corrected chi connectivity index (χ1v) is 6.50. The van der Waals surface area contributed by atoms with Crippen molar-refractivity contribution in [1.29, 1.82) is 0 Å². The van der Waals surface area contributed by atoms with Gasteiger partial charge in [-0.2, -0.15) is 0 Å². The Bertz CT molecular complexity index is 870. The summed E-state index contributed by atoms with van der Waals surface area (Å²) < 4.78 is 0. The standard InChI is InChI=1S/C15H13N5/c1-9-2-10-3-11(20-15(10)17-6-9)4-12-5-13-14(19-12)7-16-8-18-13/h2-3,5-8,19H,4H2,1H3,(H,17,20). The van der Waals surface area contributed by atoms with Crippen LogP contribution < -0.4 is 0 Å². The van der Waals surface area contributed by atoms with Crippen LogP contribution in [0.1, 0.15) is 17.0 Å². The number of pyridine rings is 1. The summed E-state index contributed by atoms with van der Waals surface area (Å²) >= 11 is 0. The van der Waals surface area contributed by atoms with E-state index >= 15 is 0 Å². The second kappa shape index (κ2) is 4.16. The van der Waals surface area contributed by atoms with Crippen LogP contribution in [0.5, 0.6) is 0 Å². The predicted molar refractivity (Wildman–Crippen MR) is 77.5 cm³/mol. The van der Waals surface area contributed by atoms with E-state index in [1.165, 1.54) is 5.56 Å². The number of H-pyrrole nitrogens is 2. The molecule has 0 spiro atoms. The van der Waals surface area contributed by atoms with Crippen LogP contribution in [0.15, 0.2) is 36.9 Å². The van der Waals surface area contributed by atoms with Crippen LogP contribution in [0.25, 0.3) is 22.1 Å². The average Bonchev–Trinajstić information content (AvgIpc) is 3.00. The minimum Gasteiger partial charge on any atom is -0.355 e. The lowest BCUT2D eigenvalue weighted by Gasteiger charge is -1.93. The zero-order valence-electron chi connectivity index (χ0n) is 11.0. The molecule has 0 aliphatic heterocycles. The van der Waals surface area contributed by atoms with Crippen LogP contribution in [0, 0.1) is 6.92 Å². The van der Waals surface area contributed by atoms with Crippen molar-refractivity contribution >= 4 is 22.1 Å². The van der Waals surface area contributed by atoms with E-state index in [0.29, 0.717) is 0 Å². The van der Waals surface area contributed by atoms with Gasteiger partial charge in [-0.15, -0.1) is 0 Å². The van der Waals surface area contributed by atoms with Gasteiger partial charge in [0.05, 0.1) is 17.2 Å². The van der Waals surface area contributed by atoms with Gasteiger partial charge in [0.2, 0.25) is 0 Å². The topological polar surface area (TPSA) is 70.2 Å². The average molecular weight is 263 g/mol. The SMILES string of the molecule is Cc1cnc2[nH]c(Cc3cc4ncncc4[nH]3)cc2c1. The summed E-state index contributed by atoms with van der Waals surface area (Å²) in [4.78, 5) is 19.3. The number of aryl methyl sites for hydroxylation is 1. The molecule has 0 radical (unpaired) electrons. The summed E-state index contributed by atoms with van der Waals surface area (Å²) in [5, 5.41) is 1.15. The Labute approximate surface area is 115 Å². The fraction of sp³-hybridized carbons (Fsp3) is 0.133. The molecular weight excluding hydrogens is 250 g/mol. The molecule has 4 heterocycles. The van der Waals surface area contributed by atoms with Gasteiger partial charge in [-0.25, -0.2) is 15.0 Å². The van der Waals surface area contributed by atoms with E-state index in [9.17, 15) is 0 Å². The Balaban J connectivity index is 1.72. The molecule has 98 valence electrons. The summed E-state index contributed by atoms with van der Waals surface area (Å²) in [7, 11) is 0. The molecular formula is C15H13N5. The molecule has 0 atom stereocenters. The lowest BCUT2D eigenvalue weighted by molar-refractivity contribution is 1.06. The van der Waals surface area contributed by atoms with Crippen molar-refractivity contribution in [2.45, 2.75) is 13.3 Å². The second-order valence-corrected chi connectivity index (χ2v) is 5.04. The van der Waals surface area contributed by atoms with Crippen molar-refractivity contribution in [2.24, 2.45) is 0 Å². The minimum absolute atomic E-state index is 0.797. The van der Waals surface area contributed by atoms with Crippen molar-refractivity contribution in [3.63, 3.8) is 0 Å². The third-order valence-electron chi connectivity index (χ3n) is 3.39. The van der Waals surface area contributed by atoms with Crippen LogP contribution in [-0.4, -0.2) is 24.9 Å². The van der Waals surface area contributed by atoms with Gasteiger partial charge >= 0.3 is 0 Å². The van der Waals surface area contributed by atoms with Crippen LogP contribution in [0.4, 0.5) is 0 Å². The number of nitrogens with one attached hydrogen (secondary N) is 2. The molecule has 5 nitrogen and oxygen atoms in total. The number of nitrogens with zero attached hydrogens (tertiary/aromatic N) is 3. The van der Waals surface area contributed by atoms with E-state index in [-0.39, 0.29) is 0 Å². The van der Waals surface area contributed by atoms with Crippen molar-refractivity contribution in [3.8, 4) is 0 Å². The number of aromatic amines is 2. The summed E-state index contributed by atoms with van der Waals surface area (Å²) in [6.45, 7) is 2.05. The molecule has 0 bridgehead atoms. The van der Waals surface area contributed by atoms with Crippen molar-refractivity contribution < 1.29 is 0 Å². The molecule has 0 amide bonds. The molecule has 0 fully saturated rings. The zero-order valence-corrected chi connectivity index (χ0v) is 11.0. The predicted octanol–water partition coefficient (Wildman–Crippen LogP) is 2.73. The maximum absolute atomic E-state index is 4.40. The van der Waals surface area contributed by atoms with Gasteiger partial charge in [0.15, 0.2) is 0 Å². The van der Waals surface area contributed by atoms with Crippen LogP contribution >= 0.6 is 0 Å². The number of aromatic nitrogens is 5. The summed E-state index contributed by atoms with van der Waals surface area (Å²) in [5.74, 6) is 0. The van der Waals surface area contributed by atoms with Gasteiger partial charge in [-0.1, -0.05) is 0 Å². The lowest BCUT2D eigenvalue weighted by atomic mass is 10.2. The molecule has 0 unspecified atom stereocenters. The Morgan fingerprint density at radius 1 is 1.00 bits per heavy atom. The Kier molecular flexibility index (Phi) is 2.32. The van der Waals surface area contributed by atoms with Gasteiger partial charge in [0.1, 0.15) is 12.0 Å². The molecule has 20 heavy (non-hydrogen) atoms. The maximum atomic E-state index is 4.40. The van der Waals surface area contributed by atoms with Crippen LogP contribution in [0.2, 0.25) is 0 Å². The monoisotopic (exact) mass is 263 g/mol. The molecule has 0 saturated carbocycles. The highest BCUT2D eigenvalue weighted by Crippen LogP contribution is 2.18. The van der Waals surface area contributed by atoms with E-state index < -0.39 is 0 Å². The molecule has 0 aliphatic carbocycles. The normalized spacial score (nSPS) is 11.4.